The molecule has 6 nitrogen and oxygen atoms in total. The van der Waals surface area contributed by atoms with Gasteiger partial charge in [0.05, 0.1) is 16.8 Å². The van der Waals surface area contributed by atoms with Gasteiger partial charge in [0, 0.05) is 11.8 Å². The minimum atomic E-state index is -0.795. The van der Waals surface area contributed by atoms with Gasteiger partial charge in [-0.05, 0) is 18.2 Å². The van der Waals surface area contributed by atoms with Crippen molar-refractivity contribution in [3.8, 4) is 5.75 Å². The van der Waals surface area contributed by atoms with Gasteiger partial charge in [0.2, 0.25) is 0 Å². The number of phenolic OH excluding ortho intramolecular Hbond substituents is 1. The third kappa shape index (κ3) is 2.18. The Kier molecular flexibility index (Phi) is 3.03. The van der Waals surface area contributed by atoms with Crippen LogP contribution in [0.2, 0.25) is 5.02 Å². The number of phenols is 1. The van der Waals surface area contributed by atoms with Crippen LogP contribution in [0.15, 0.2) is 30.6 Å². The van der Waals surface area contributed by atoms with Crippen LogP contribution in [-0.4, -0.2) is 26.7 Å². The molecular formula is C11H8ClN3O3. The predicted molar refractivity (Wildman–Crippen MR) is 63.8 cm³/mol. The Morgan fingerprint density at radius 3 is 2.72 bits per heavy atom. The smallest absolute Gasteiger partial charge is 0.339 e. The molecule has 7 heteroatoms. The summed E-state index contributed by atoms with van der Waals surface area (Å²) in [7, 11) is 0. The van der Waals surface area contributed by atoms with Gasteiger partial charge < -0.3 is 10.8 Å². The highest BCUT2D eigenvalue weighted by Gasteiger charge is 2.16. The van der Waals surface area contributed by atoms with Crippen LogP contribution >= 0.6 is 11.6 Å². The first kappa shape index (κ1) is 12.1. The van der Waals surface area contributed by atoms with Gasteiger partial charge in [0.25, 0.3) is 0 Å². The number of rotatable bonds is 2. The van der Waals surface area contributed by atoms with Crippen molar-refractivity contribution >= 4 is 23.4 Å². The van der Waals surface area contributed by atoms with Crippen molar-refractivity contribution < 1.29 is 14.7 Å². The molecule has 0 unspecified atom stereocenters. The Bertz CT molecular complexity index is 636. The number of aromatic nitrogens is 2. The fraction of sp³-hybridized carbons (Fsp3) is 0. The lowest BCUT2D eigenvalue weighted by Crippen LogP contribution is -2.19. The first-order chi connectivity index (χ1) is 8.49. The van der Waals surface area contributed by atoms with Crippen molar-refractivity contribution in [2.24, 2.45) is 5.73 Å². The summed E-state index contributed by atoms with van der Waals surface area (Å²) in [5.41, 5.74) is 5.28. The minimum absolute atomic E-state index is 0.0787. The molecule has 92 valence electrons. The third-order valence-electron chi connectivity index (χ3n) is 2.27. The lowest BCUT2D eigenvalue weighted by atomic mass is 10.1. The maximum Gasteiger partial charge on any atom is 0.339 e. The van der Waals surface area contributed by atoms with E-state index in [-0.39, 0.29) is 21.9 Å². The summed E-state index contributed by atoms with van der Waals surface area (Å²) >= 11 is 5.86. The Morgan fingerprint density at radius 2 is 2.11 bits per heavy atom. The molecule has 1 aromatic carbocycles. The molecule has 0 atom stereocenters. The number of nitrogens with two attached hydrogens (primary N) is 1. The molecule has 0 saturated heterocycles. The van der Waals surface area contributed by atoms with Gasteiger partial charge in [-0.3, -0.25) is 4.79 Å². The van der Waals surface area contributed by atoms with E-state index in [1.807, 2.05) is 0 Å². The normalized spacial score (nSPS) is 10.3. The maximum absolute atomic E-state index is 12.1. The number of aromatic hydroxyl groups is 1. The average Bonchev–Trinajstić information content (AvgIpc) is 2.81. The van der Waals surface area contributed by atoms with E-state index in [4.69, 9.17) is 17.3 Å². The zero-order valence-electron chi connectivity index (χ0n) is 9.00. The summed E-state index contributed by atoms with van der Waals surface area (Å²) < 4.78 is 0.837. The van der Waals surface area contributed by atoms with Gasteiger partial charge in [-0.15, -0.1) is 0 Å². The summed E-state index contributed by atoms with van der Waals surface area (Å²) in [5.74, 6) is -0.534. The van der Waals surface area contributed by atoms with E-state index in [0.717, 1.165) is 4.68 Å². The quantitative estimate of drug-likeness (QED) is 0.802. The van der Waals surface area contributed by atoms with Crippen LogP contribution in [0, 0.1) is 0 Å². The van der Waals surface area contributed by atoms with Gasteiger partial charge in [-0.1, -0.05) is 11.6 Å². The molecule has 1 heterocycles. The second-order valence-electron chi connectivity index (χ2n) is 3.51. The first-order valence-electron chi connectivity index (χ1n) is 4.86. The molecule has 2 aromatic rings. The topological polar surface area (TPSA) is 98.2 Å². The summed E-state index contributed by atoms with van der Waals surface area (Å²) in [5, 5.41) is 13.1. The molecule has 2 rings (SSSR count). The molecule has 0 saturated carbocycles. The van der Waals surface area contributed by atoms with Crippen LogP contribution in [0.3, 0.4) is 0 Å². The van der Waals surface area contributed by atoms with E-state index >= 15 is 0 Å². The zero-order chi connectivity index (χ0) is 13.3. The van der Waals surface area contributed by atoms with Gasteiger partial charge in [0.1, 0.15) is 5.75 Å². The van der Waals surface area contributed by atoms with Crippen molar-refractivity contribution in [1.82, 2.24) is 9.78 Å². The van der Waals surface area contributed by atoms with Gasteiger partial charge in [0.15, 0.2) is 5.78 Å². The molecule has 0 aliphatic heterocycles. The fourth-order valence-electron chi connectivity index (χ4n) is 1.40. The maximum atomic E-state index is 12.1. The summed E-state index contributed by atoms with van der Waals surface area (Å²) in [6.45, 7) is 0. The Hall–Kier alpha value is -2.34. The minimum Gasteiger partial charge on any atom is -0.508 e. The molecule has 0 fully saturated rings. The van der Waals surface area contributed by atoms with Crippen LogP contribution in [0.25, 0.3) is 0 Å². The number of primary amides is 1. The molecule has 0 bridgehead atoms. The largest absolute Gasteiger partial charge is 0.508 e. The van der Waals surface area contributed by atoms with Crippen LogP contribution in [-0.2, 0) is 0 Å². The van der Waals surface area contributed by atoms with Crippen molar-refractivity contribution in [3.63, 3.8) is 0 Å². The Morgan fingerprint density at radius 1 is 1.39 bits per heavy atom. The van der Waals surface area contributed by atoms with Gasteiger partial charge in [-0.25, -0.2) is 4.79 Å². The zero-order valence-corrected chi connectivity index (χ0v) is 9.76. The van der Waals surface area contributed by atoms with E-state index < -0.39 is 11.8 Å². The van der Waals surface area contributed by atoms with Gasteiger partial charge >= 0.3 is 6.03 Å². The number of hydrogen-bond acceptors (Lipinski definition) is 4. The van der Waals surface area contributed by atoms with E-state index in [1.54, 1.807) is 0 Å². The number of nitrogens with zero attached hydrogens (tertiary/aromatic N) is 2. The highest BCUT2D eigenvalue weighted by molar-refractivity contribution is 6.35. The van der Waals surface area contributed by atoms with Crippen molar-refractivity contribution in [2.75, 3.05) is 0 Å². The van der Waals surface area contributed by atoms with Gasteiger partial charge in [-0.2, -0.15) is 9.78 Å². The monoisotopic (exact) mass is 265 g/mol. The van der Waals surface area contributed by atoms with Crippen LogP contribution in [0.1, 0.15) is 15.9 Å². The third-order valence-corrected chi connectivity index (χ3v) is 2.59. The molecule has 0 spiro atoms. The molecule has 18 heavy (non-hydrogen) atoms. The number of ketones is 1. The number of halogens is 1. The lowest BCUT2D eigenvalue weighted by Gasteiger charge is -2.01. The van der Waals surface area contributed by atoms with Crippen molar-refractivity contribution in [3.05, 3.63) is 46.7 Å². The van der Waals surface area contributed by atoms with E-state index in [9.17, 15) is 14.7 Å². The molecule has 0 aliphatic carbocycles. The summed E-state index contributed by atoms with van der Waals surface area (Å²) in [6.07, 6.45) is 2.40. The first-order valence-corrected chi connectivity index (χ1v) is 5.24. The highest BCUT2D eigenvalue weighted by Crippen LogP contribution is 2.23. The van der Waals surface area contributed by atoms with Crippen LogP contribution in [0.5, 0.6) is 5.75 Å². The highest BCUT2D eigenvalue weighted by atomic mass is 35.5. The summed E-state index contributed by atoms with van der Waals surface area (Å²) in [6, 6.07) is 3.22. The number of carbonyl (C=O) groups is 2. The fourth-order valence-corrected chi connectivity index (χ4v) is 1.61. The Balaban J connectivity index is 2.41. The number of hydrogen-bond donors (Lipinski definition) is 2. The van der Waals surface area contributed by atoms with Crippen molar-refractivity contribution in [2.45, 2.75) is 0 Å². The molecule has 3 N–H and O–H groups in total. The van der Waals surface area contributed by atoms with Crippen LogP contribution < -0.4 is 5.73 Å². The van der Waals surface area contributed by atoms with E-state index in [0.29, 0.717) is 0 Å². The number of amides is 1. The van der Waals surface area contributed by atoms with E-state index in [2.05, 4.69) is 5.10 Å². The second-order valence-corrected chi connectivity index (χ2v) is 3.91. The average molecular weight is 266 g/mol. The Labute approximate surface area is 107 Å². The molecule has 1 aromatic heterocycles. The molecule has 1 amide bonds. The van der Waals surface area contributed by atoms with Crippen LogP contribution in [0.4, 0.5) is 4.79 Å². The molecule has 0 aliphatic rings. The SMILES string of the molecule is NC(=O)n1cc(C(=O)c2cc(O)ccc2Cl)cn1. The lowest BCUT2D eigenvalue weighted by molar-refractivity contribution is 0.103. The molecule has 0 radical (unpaired) electrons. The number of benzene rings is 1. The second kappa shape index (κ2) is 4.50. The standard InChI is InChI=1S/C11H8ClN3O3/c12-9-2-1-7(16)3-8(9)10(17)6-4-14-15(5-6)11(13)18/h1-5,16H,(H2,13,18). The number of carbonyl (C=O) groups excluding carboxylic acids is 2. The van der Waals surface area contributed by atoms with Crippen molar-refractivity contribution in [1.29, 1.82) is 0 Å². The summed E-state index contributed by atoms with van der Waals surface area (Å²) in [4.78, 5) is 22.9. The molecular weight excluding hydrogens is 258 g/mol. The predicted octanol–water partition coefficient (Wildman–Crippen LogP) is 1.40. The van der Waals surface area contributed by atoms with E-state index in [1.165, 1.54) is 30.6 Å².